The van der Waals surface area contributed by atoms with Crippen molar-refractivity contribution >= 4 is 11.4 Å². The van der Waals surface area contributed by atoms with Gasteiger partial charge in [0.2, 0.25) is 0 Å². The van der Waals surface area contributed by atoms with Gasteiger partial charge in [-0.25, -0.2) is 4.99 Å². The van der Waals surface area contributed by atoms with Crippen molar-refractivity contribution in [2.45, 2.75) is 19.4 Å². The zero-order valence-corrected chi connectivity index (χ0v) is 15.0. The molecule has 1 aliphatic heterocycles. The molecule has 130 valence electrons. The van der Waals surface area contributed by atoms with Gasteiger partial charge in [-0.05, 0) is 26.0 Å². The number of hydrogen-bond acceptors (Lipinski definition) is 3. The van der Waals surface area contributed by atoms with Crippen LogP contribution < -0.4 is 9.47 Å². The molecule has 1 aliphatic rings. The van der Waals surface area contributed by atoms with Crippen molar-refractivity contribution in [3.63, 3.8) is 0 Å². The van der Waals surface area contributed by atoms with Gasteiger partial charge >= 0.3 is 0 Å². The molecule has 0 N–H and O–H groups in total. The second kappa shape index (κ2) is 6.68. The molecule has 3 nitrogen and oxygen atoms in total. The third-order valence-electron chi connectivity index (χ3n) is 4.22. The van der Waals surface area contributed by atoms with Crippen LogP contribution >= 0.6 is 0 Å². The lowest BCUT2D eigenvalue weighted by atomic mass is 10.0. The average Bonchev–Trinajstić information content (AvgIpc) is 2.67. The lowest BCUT2D eigenvalue weighted by molar-refractivity contribution is 0.0214. The minimum Gasteiger partial charge on any atom is -0.485 e. The quantitative estimate of drug-likeness (QED) is 0.596. The van der Waals surface area contributed by atoms with Crippen LogP contribution in [0.15, 0.2) is 83.9 Å². The number of aliphatic imine (C=N–C) groups is 1. The largest absolute Gasteiger partial charge is 0.485 e. The van der Waals surface area contributed by atoms with E-state index in [-0.39, 0.29) is 5.60 Å². The molecule has 0 atom stereocenters. The topological polar surface area (TPSA) is 30.8 Å². The van der Waals surface area contributed by atoms with Crippen LogP contribution in [-0.4, -0.2) is 17.9 Å². The summed E-state index contributed by atoms with van der Waals surface area (Å²) < 4.78 is 11.9. The van der Waals surface area contributed by atoms with Gasteiger partial charge < -0.3 is 9.47 Å². The van der Waals surface area contributed by atoms with E-state index in [4.69, 9.17) is 14.5 Å². The molecule has 0 spiro atoms. The maximum atomic E-state index is 5.98. The van der Waals surface area contributed by atoms with E-state index in [1.165, 1.54) is 0 Å². The van der Waals surface area contributed by atoms with Crippen molar-refractivity contribution in [3.8, 4) is 11.5 Å². The molecule has 0 radical (unpaired) electrons. The van der Waals surface area contributed by atoms with Crippen LogP contribution in [0.3, 0.4) is 0 Å². The van der Waals surface area contributed by atoms with Gasteiger partial charge in [-0.15, -0.1) is 0 Å². The Morgan fingerprint density at radius 3 is 2.04 bits per heavy atom. The molecule has 0 fully saturated rings. The maximum Gasteiger partial charge on any atom is 0.163 e. The molecule has 3 aromatic rings. The number of fused-ring (bicyclic) bond motifs is 1. The van der Waals surface area contributed by atoms with Crippen LogP contribution in [0.2, 0.25) is 0 Å². The Kier molecular flexibility index (Phi) is 4.21. The van der Waals surface area contributed by atoms with Crippen molar-refractivity contribution in [2.75, 3.05) is 6.61 Å². The summed E-state index contributed by atoms with van der Waals surface area (Å²) in [6.45, 7) is 4.56. The summed E-state index contributed by atoms with van der Waals surface area (Å²) >= 11 is 0. The smallest absolute Gasteiger partial charge is 0.163 e. The first-order valence-electron chi connectivity index (χ1n) is 8.76. The molecular weight excluding hydrogens is 322 g/mol. The standard InChI is InChI=1S/C23H21NO2/c1-23(2)16-25-21-15-19(13-14-20(21)26-23)24-22(17-9-5-3-6-10-17)18-11-7-4-8-12-18/h3-15H,16H2,1-2H3. The Labute approximate surface area is 153 Å². The summed E-state index contributed by atoms with van der Waals surface area (Å²) in [7, 11) is 0. The predicted octanol–water partition coefficient (Wildman–Crippen LogP) is 5.41. The van der Waals surface area contributed by atoms with Gasteiger partial charge in [-0.3, -0.25) is 0 Å². The molecule has 0 saturated heterocycles. The van der Waals surface area contributed by atoms with Crippen molar-refractivity contribution in [1.29, 1.82) is 0 Å². The Hall–Kier alpha value is -3.07. The fourth-order valence-corrected chi connectivity index (χ4v) is 2.96. The fourth-order valence-electron chi connectivity index (χ4n) is 2.96. The van der Waals surface area contributed by atoms with Gasteiger partial charge in [0.15, 0.2) is 11.5 Å². The van der Waals surface area contributed by atoms with Crippen LogP contribution in [0, 0.1) is 0 Å². The minimum absolute atomic E-state index is 0.309. The molecule has 0 amide bonds. The summed E-state index contributed by atoms with van der Waals surface area (Å²) in [6, 6.07) is 26.3. The average molecular weight is 343 g/mol. The van der Waals surface area contributed by atoms with Gasteiger partial charge in [0.05, 0.1) is 11.4 Å². The Balaban J connectivity index is 1.76. The molecule has 0 saturated carbocycles. The van der Waals surface area contributed by atoms with Crippen molar-refractivity contribution in [2.24, 2.45) is 4.99 Å². The molecule has 26 heavy (non-hydrogen) atoms. The highest BCUT2D eigenvalue weighted by molar-refractivity contribution is 6.13. The third kappa shape index (κ3) is 3.47. The van der Waals surface area contributed by atoms with E-state index in [9.17, 15) is 0 Å². The number of nitrogens with zero attached hydrogens (tertiary/aromatic N) is 1. The van der Waals surface area contributed by atoms with E-state index in [2.05, 4.69) is 24.3 Å². The second-order valence-electron chi connectivity index (χ2n) is 6.97. The summed E-state index contributed by atoms with van der Waals surface area (Å²) in [5.74, 6) is 1.51. The molecule has 3 aromatic carbocycles. The number of ether oxygens (including phenoxy) is 2. The molecule has 0 aliphatic carbocycles. The van der Waals surface area contributed by atoms with Gasteiger partial charge in [0, 0.05) is 17.2 Å². The monoisotopic (exact) mass is 343 g/mol. The van der Waals surface area contributed by atoms with E-state index in [0.29, 0.717) is 6.61 Å². The zero-order valence-electron chi connectivity index (χ0n) is 15.0. The van der Waals surface area contributed by atoms with Gasteiger partial charge in [0.25, 0.3) is 0 Å². The molecular formula is C23H21NO2. The first-order valence-corrected chi connectivity index (χ1v) is 8.76. The summed E-state index contributed by atoms with van der Waals surface area (Å²) in [5, 5.41) is 0. The van der Waals surface area contributed by atoms with E-state index >= 15 is 0 Å². The highest BCUT2D eigenvalue weighted by atomic mass is 16.6. The van der Waals surface area contributed by atoms with Crippen LogP contribution in [-0.2, 0) is 0 Å². The highest BCUT2D eigenvalue weighted by Crippen LogP contribution is 2.38. The highest BCUT2D eigenvalue weighted by Gasteiger charge is 2.28. The van der Waals surface area contributed by atoms with Crippen LogP contribution in [0.25, 0.3) is 0 Å². The lowest BCUT2D eigenvalue weighted by Crippen LogP contribution is -2.38. The predicted molar refractivity (Wildman–Crippen MR) is 105 cm³/mol. The number of rotatable bonds is 3. The Bertz CT molecular complexity index is 889. The first-order chi connectivity index (χ1) is 12.6. The zero-order chi connectivity index (χ0) is 18.0. The molecule has 4 rings (SSSR count). The van der Waals surface area contributed by atoms with Crippen LogP contribution in [0.1, 0.15) is 25.0 Å². The SMILES string of the molecule is CC1(C)COc2cc(N=C(c3ccccc3)c3ccccc3)ccc2O1. The first kappa shape index (κ1) is 16.4. The Morgan fingerprint density at radius 2 is 1.42 bits per heavy atom. The molecule has 1 heterocycles. The third-order valence-corrected chi connectivity index (χ3v) is 4.22. The second-order valence-corrected chi connectivity index (χ2v) is 6.97. The van der Waals surface area contributed by atoms with Crippen LogP contribution in [0.4, 0.5) is 5.69 Å². The van der Waals surface area contributed by atoms with Crippen molar-refractivity contribution in [3.05, 3.63) is 90.0 Å². The van der Waals surface area contributed by atoms with E-state index in [1.54, 1.807) is 0 Å². The molecule has 3 heteroatoms. The van der Waals surface area contributed by atoms with E-state index in [0.717, 1.165) is 34.0 Å². The normalized spacial score (nSPS) is 14.5. The summed E-state index contributed by atoms with van der Waals surface area (Å²) in [4.78, 5) is 4.92. The summed E-state index contributed by atoms with van der Waals surface area (Å²) in [5.41, 5.74) is 3.62. The number of benzene rings is 3. The van der Waals surface area contributed by atoms with E-state index < -0.39 is 0 Å². The maximum absolute atomic E-state index is 5.98. The molecule has 0 aromatic heterocycles. The van der Waals surface area contributed by atoms with Crippen molar-refractivity contribution in [1.82, 2.24) is 0 Å². The van der Waals surface area contributed by atoms with Crippen molar-refractivity contribution < 1.29 is 9.47 Å². The fraction of sp³-hybridized carbons (Fsp3) is 0.174. The van der Waals surface area contributed by atoms with Gasteiger partial charge in [-0.1, -0.05) is 60.7 Å². The minimum atomic E-state index is -0.309. The summed E-state index contributed by atoms with van der Waals surface area (Å²) in [6.07, 6.45) is 0. The molecule has 0 unspecified atom stereocenters. The van der Waals surface area contributed by atoms with Gasteiger partial charge in [0.1, 0.15) is 12.2 Å². The van der Waals surface area contributed by atoms with Crippen LogP contribution in [0.5, 0.6) is 11.5 Å². The Morgan fingerprint density at radius 1 is 0.808 bits per heavy atom. The lowest BCUT2D eigenvalue weighted by Gasteiger charge is -2.32. The molecule has 0 bridgehead atoms. The number of hydrogen-bond donors (Lipinski definition) is 0. The van der Waals surface area contributed by atoms with E-state index in [1.807, 2.05) is 68.4 Å². The van der Waals surface area contributed by atoms with Gasteiger partial charge in [-0.2, -0.15) is 0 Å².